The Hall–Kier alpha value is -1.42. The molecule has 0 heterocycles. The summed E-state index contributed by atoms with van der Waals surface area (Å²) in [5, 5.41) is 9.09. The van der Waals surface area contributed by atoms with Crippen LogP contribution in [0.1, 0.15) is 97.3 Å². The molecule has 1 atom stereocenters. The van der Waals surface area contributed by atoms with E-state index in [4.69, 9.17) is 9.84 Å². The highest BCUT2D eigenvalue weighted by molar-refractivity contribution is 5.79. The van der Waals surface area contributed by atoms with Crippen molar-refractivity contribution in [2.75, 3.05) is 6.61 Å². The van der Waals surface area contributed by atoms with Crippen LogP contribution >= 0.6 is 0 Å². The fourth-order valence-corrected chi connectivity index (χ4v) is 2.87. The fraction of sp³-hybridized carbons (Fsp3) is 0.739. The molecule has 0 aromatic rings. The summed E-state index contributed by atoms with van der Waals surface area (Å²) in [4.78, 5) is 22.7. The molecule has 0 aliphatic heterocycles. The normalized spacial score (nSPS) is 12.7. The first-order valence-corrected chi connectivity index (χ1v) is 10.7. The number of aliphatic hydroxyl groups is 1. The molecule has 1 N–H and O–H groups in total. The smallest absolute Gasteiger partial charge is 0.302 e. The van der Waals surface area contributed by atoms with Gasteiger partial charge in [0.1, 0.15) is 11.9 Å². The molecule has 156 valence electrons. The van der Waals surface area contributed by atoms with E-state index >= 15 is 0 Å². The minimum atomic E-state index is -0.687. The van der Waals surface area contributed by atoms with Gasteiger partial charge in [0.25, 0.3) is 0 Å². The standard InChI is InChI=1S/C23H40O4/c1-3-4-5-6-7-8-9-10-11-12-13-14-15-16-17-18-22(26)19-23(20-24)27-21(2)25/h7-8,10-11,23-24H,3-6,9,12-20H2,1-2H3/b8-7-,11-10-/t23-/m1/s1. The van der Waals surface area contributed by atoms with E-state index in [0.717, 1.165) is 32.1 Å². The zero-order valence-electron chi connectivity index (χ0n) is 17.5. The zero-order chi connectivity index (χ0) is 20.2. The predicted octanol–water partition coefficient (Wildman–Crippen LogP) is 5.68. The summed E-state index contributed by atoms with van der Waals surface area (Å²) in [7, 11) is 0. The lowest BCUT2D eigenvalue weighted by Gasteiger charge is -2.13. The lowest BCUT2D eigenvalue weighted by atomic mass is 10.0. The van der Waals surface area contributed by atoms with Crippen LogP contribution in [0.5, 0.6) is 0 Å². The van der Waals surface area contributed by atoms with E-state index in [1.54, 1.807) is 0 Å². The number of carbonyl (C=O) groups excluding carboxylic acids is 2. The van der Waals surface area contributed by atoms with Gasteiger partial charge in [0, 0.05) is 19.8 Å². The molecule has 0 fully saturated rings. The molecule has 0 amide bonds. The number of aliphatic hydroxyl groups excluding tert-OH is 1. The Kier molecular flexibility index (Phi) is 18.3. The Bertz CT molecular complexity index is 426. The summed E-state index contributed by atoms with van der Waals surface area (Å²) in [5.41, 5.74) is 0. The zero-order valence-corrected chi connectivity index (χ0v) is 17.5. The van der Waals surface area contributed by atoms with E-state index in [0.29, 0.717) is 6.42 Å². The molecule has 4 nitrogen and oxygen atoms in total. The van der Waals surface area contributed by atoms with Crippen molar-refractivity contribution in [2.24, 2.45) is 0 Å². The van der Waals surface area contributed by atoms with Crippen LogP contribution in [-0.4, -0.2) is 29.6 Å². The van der Waals surface area contributed by atoms with Crippen LogP contribution < -0.4 is 0 Å². The van der Waals surface area contributed by atoms with Crippen LogP contribution in [0.4, 0.5) is 0 Å². The number of allylic oxidation sites excluding steroid dienone is 4. The van der Waals surface area contributed by atoms with Gasteiger partial charge in [-0.3, -0.25) is 9.59 Å². The first-order chi connectivity index (χ1) is 13.1. The van der Waals surface area contributed by atoms with Gasteiger partial charge in [0.15, 0.2) is 0 Å². The first kappa shape index (κ1) is 25.6. The number of rotatable bonds is 18. The lowest BCUT2D eigenvalue weighted by molar-refractivity contribution is -0.149. The van der Waals surface area contributed by atoms with Crippen LogP contribution in [0.3, 0.4) is 0 Å². The van der Waals surface area contributed by atoms with E-state index in [1.807, 2.05) is 0 Å². The summed E-state index contributed by atoms with van der Waals surface area (Å²) in [6, 6.07) is 0. The molecule has 0 spiro atoms. The van der Waals surface area contributed by atoms with Crippen molar-refractivity contribution in [3.8, 4) is 0 Å². The lowest BCUT2D eigenvalue weighted by Crippen LogP contribution is -2.23. The molecule has 0 unspecified atom stereocenters. The summed E-state index contributed by atoms with van der Waals surface area (Å²) in [6.45, 7) is 3.22. The first-order valence-electron chi connectivity index (χ1n) is 10.7. The number of hydrogen-bond donors (Lipinski definition) is 1. The van der Waals surface area contributed by atoms with E-state index in [9.17, 15) is 9.59 Å². The van der Waals surface area contributed by atoms with Gasteiger partial charge < -0.3 is 9.84 Å². The highest BCUT2D eigenvalue weighted by Crippen LogP contribution is 2.10. The number of unbranched alkanes of at least 4 members (excludes halogenated alkanes) is 8. The summed E-state index contributed by atoms with van der Waals surface area (Å²) in [6.07, 6.45) is 21.7. The van der Waals surface area contributed by atoms with Gasteiger partial charge in [-0.05, 0) is 38.5 Å². The Morgan fingerprint density at radius 3 is 2.07 bits per heavy atom. The number of ether oxygens (including phenoxy) is 1. The molecule has 0 bridgehead atoms. The van der Waals surface area contributed by atoms with E-state index in [-0.39, 0.29) is 18.8 Å². The maximum absolute atomic E-state index is 11.8. The highest BCUT2D eigenvalue weighted by Gasteiger charge is 2.15. The van der Waals surface area contributed by atoms with Gasteiger partial charge >= 0.3 is 5.97 Å². The maximum atomic E-state index is 11.8. The van der Waals surface area contributed by atoms with Crippen molar-refractivity contribution in [1.82, 2.24) is 0 Å². The van der Waals surface area contributed by atoms with E-state index < -0.39 is 12.1 Å². The monoisotopic (exact) mass is 380 g/mol. The number of carbonyl (C=O) groups is 2. The van der Waals surface area contributed by atoms with Gasteiger partial charge in [0.2, 0.25) is 0 Å². The highest BCUT2D eigenvalue weighted by atomic mass is 16.5. The van der Waals surface area contributed by atoms with Crippen molar-refractivity contribution < 1.29 is 19.4 Å². The molecular weight excluding hydrogens is 340 g/mol. The summed E-state index contributed by atoms with van der Waals surface area (Å²) in [5.74, 6) is -0.403. The van der Waals surface area contributed by atoms with Crippen molar-refractivity contribution in [2.45, 2.75) is 103 Å². The molecule has 0 aromatic heterocycles. The number of hydrogen-bond acceptors (Lipinski definition) is 4. The maximum Gasteiger partial charge on any atom is 0.302 e. The molecular formula is C23H40O4. The number of esters is 1. The second-order valence-corrected chi connectivity index (χ2v) is 7.14. The molecule has 0 aliphatic carbocycles. The Morgan fingerprint density at radius 1 is 0.889 bits per heavy atom. The molecule has 0 aliphatic rings. The molecule has 0 saturated carbocycles. The van der Waals surface area contributed by atoms with Crippen LogP contribution in [-0.2, 0) is 14.3 Å². The van der Waals surface area contributed by atoms with Crippen molar-refractivity contribution in [1.29, 1.82) is 0 Å². The van der Waals surface area contributed by atoms with E-state index in [2.05, 4.69) is 31.2 Å². The van der Waals surface area contributed by atoms with Crippen molar-refractivity contribution >= 4 is 11.8 Å². The number of Topliss-reactive ketones (excluding diaryl/α,β-unsaturated/α-hetero) is 1. The minimum absolute atomic E-state index is 0.0565. The fourth-order valence-electron chi connectivity index (χ4n) is 2.87. The second kappa shape index (κ2) is 19.3. The third-order valence-electron chi connectivity index (χ3n) is 4.40. The van der Waals surface area contributed by atoms with Crippen LogP contribution in [0.25, 0.3) is 0 Å². The Morgan fingerprint density at radius 2 is 1.48 bits per heavy atom. The largest absolute Gasteiger partial charge is 0.460 e. The molecule has 4 heteroatoms. The average Bonchev–Trinajstić information content (AvgIpc) is 2.64. The van der Waals surface area contributed by atoms with Crippen LogP contribution in [0.15, 0.2) is 24.3 Å². The van der Waals surface area contributed by atoms with Crippen LogP contribution in [0, 0.1) is 0 Å². The molecule has 0 radical (unpaired) electrons. The minimum Gasteiger partial charge on any atom is -0.460 e. The molecule has 27 heavy (non-hydrogen) atoms. The van der Waals surface area contributed by atoms with E-state index in [1.165, 1.54) is 45.4 Å². The second-order valence-electron chi connectivity index (χ2n) is 7.14. The summed E-state index contributed by atoms with van der Waals surface area (Å²) >= 11 is 0. The van der Waals surface area contributed by atoms with Crippen LogP contribution in [0.2, 0.25) is 0 Å². The Labute approximate surface area is 166 Å². The van der Waals surface area contributed by atoms with Gasteiger partial charge in [-0.2, -0.15) is 0 Å². The molecule has 0 saturated heterocycles. The SMILES string of the molecule is CCCCC/C=C\C/C=C\CCCCCCCC(=O)C[C@H](CO)OC(C)=O. The number of ketones is 1. The van der Waals surface area contributed by atoms with Gasteiger partial charge in [-0.25, -0.2) is 0 Å². The van der Waals surface area contributed by atoms with Gasteiger partial charge in [-0.15, -0.1) is 0 Å². The predicted molar refractivity (Wildman–Crippen MR) is 112 cm³/mol. The topological polar surface area (TPSA) is 63.6 Å². The molecule has 0 rings (SSSR count). The van der Waals surface area contributed by atoms with Gasteiger partial charge in [0.05, 0.1) is 6.61 Å². The average molecular weight is 381 g/mol. The third kappa shape index (κ3) is 19.2. The van der Waals surface area contributed by atoms with Crippen molar-refractivity contribution in [3.05, 3.63) is 24.3 Å². The van der Waals surface area contributed by atoms with Gasteiger partial charge in [-0.1, -0.05) is 63.3 Å². The quantitative estimate of drug-likeness (QED) is 0.189. The molecule has 0 aromatic carbocycles. The Balaban J connectivity index is 3.47. The van der Waals surface area contributed by atoms with Crippen molar-refractivity contribution in [3.63, 3.8) is 0 Å². The third-order valence-corrected chi connectivity index (χ3v) is 4.40. The summed E-state index contributed by atoms with van der Waals surface area (Å²) < 4.78 is 4.88.